The molecule has 1 heterocycles. The third-order valence-corrected chi connectivity index (χ3v) is 4.10. The fourth-order valence-electron chi connectivity index (χ4n) is 1.64. The number of hydrogen-bond acceptors (Lipinski definition) is 4. The van der Waals surface area contributed by atoms with Crippen LogP contribution in [-0.4, -0.2) is 25.7 Å². The first kappa shape index (κ1) is 15.1. The van der Waals surface area contributed by atoms with Gasteiger partial charge < -0.3 is 5.73 Å². The molecule has 0 amide bonds. The number of aromatic nitrogens is 1. The van der Waals surface area contributed by atoms with Crippen molar-refractivity contribution in [2.45, 2.75) is 32.7 Å². The number of nitrogens with two attached hydrogens (primary N) is 1. The molecule has 1 aromatic heterocycles. The zero-order valence-corrected chi connectivity index (χ0v) is 11.5. The van der Waals surface area contributed by atoms with Crippen molar-refractivity contribution < 1.29 is 8.42 Å². The van der Waals surface area contributed by atoms with Crippen molar-refractivity contribution in [1.82, 2.24) is 9.71 Å². The van der Waals surface area contributed by atoms with Gasteiger partial charge in [-0.1, -0.05) is 13.0 Å². The monoisotopic (exact) mass is 271 g/mol. The number of nitrogens with zero attached hydrogens (tertiary/aromatic N) is 1. The van der Waals surface area contributed by atoms with E-state index in [1.165, 1.54) is 0 Å². The van der Waals surface area contributed by atoms with Gasteiger partial charge in [0.15, 0.2) is 0 Å². The van der Waals surface area contributed by atoms with Gasteiger partial charge in [0.05, 0.1) is 18.0 Å². The lowest BCUT2D eigenvalue weighted by atomic mass is 10.1. The molecule has 6 heteroatoms. The fourth-order valence-corrected chi connectivity index (χ4v) is 2.72. The van der Waals surface area contributed by atoms with Crippen molar-refractivity contribution >= 4 is 10.0 Å². The third kappa shape index (κ3) is 5.12. The molecule has 0 aliphatic carbocycles. The van der Waals surface area contributed by atoms with Crippen LogP contribution in [0.1, 0.15) is 31.0 Å². The van der Waals surface area contributed by atoms with Crippen molar-refractivity contribution in [1.29, 1.82) is 0 Å². The maximum atomic E-state index is 11.7. The predicted octanol–water partition coefficient (Wildman–Crippen LogP) is 0.802. The summed E-state index contributed by atoms with van der Waals surface area (Å²) in [5.41, 5.74) is 7.20. The molecule has 3 N–H and O–H groups in total. The van der Waals surface area contributed by atoms with E-state index in [0.29, 0.717) is 13.0 Å². The highest BCUT2D eigenvalue weighted by molar-refractivity contribution is 7.89. The maximum Gasteiger partial charge on any atom is 0.211 e. The molecule has 0 fully saturated rings. The van der Waals surface area contributed by atoms with E-state index in [-0.39, 0.29) is 12.3 Å². The average Bonchev–Trinajstić information content (AvgIpc) is 2.37. The van der Waals surface area contributed by atoms with Crippen molar-refractivity contribution in [2.75, 3.05) is 12.3 Å². The lowest BCUT2D eigenvalue weighted by Gasteiger charge is -2.08. The molecule has 1 aromatic rings. The summed E-state index contributed by atoms with van der Waals surface area (Å²) in [5, 5.41) is 0. The van der Waals surface area contributed by atoms with Crippen LogP contribution in [0.3, 0.4) is 0 Å². The van der Waals surface area contributed by atoms with E-state index in [2.05, 4.69) is 9.71 Å². The molecule has 0 aliphatic heterocycles. The number of aryl methyl sites for hydroxylation is 1. The molecule has 0 saturated heterocycles. The highest BCUT2D eigenvalue weighted by Crippen LogP contribution is 2.06. The van der Waals surface area contributed by atoms with Gasteiger partial charge in [0.2, 0.25) is 10.0 Å². The van der Waals surface area contributed by atoms with Crippen LogP contribution in [0.4, 0.5) is 0 Å². The zero-order chi connectivity index (χ0) is 13.4. The number of pyridine rings is 1. The van der Waals surface area contributed by atoms with Crippen molar-refractivity contribution in [3.63, 3.8) is 0 Å². The molecule has 102 valence electrons. The number of unbranched alkanes of at least 4 members (excludes halogenated alkanes) is 1. The Kier molecular flexibility index (Phi) is 6.24. The number of nitrogens with one attached hydrogen (secondary N) is 1. The van der Waals surface area contributed by atoms with E-state index < -0.39 is 10.0 Å². The molecule has 0 aliphatic rings. The van der Waals surface area contributed by atoms with E-state index in [1.54, 1.807) is 6.20 Å². The average molecular weight is 271 g/mol. The standard InChI is InChI=1S/C12H21N3O2S/c1-2-11-6-5-8-14-12(11)10-15-18(16,17)9-4-3-7-13/h5-6,8,15H,2-4,7,9-10,13H2,1H3. The van der Waals surface area contributed by atoms with Crippen LogP contribution >= 0.6 is 0 Å². The largest absolute Gasteiger partial charge is 0.330 e. The summed E-state index contributed by atoms with van der Waals surface area (Å²) in [4.78, 5) is 4.20. The summed E-state index contributed by atoms with van der Waals surface area (Å²) in [5.74, 6) is 0.124. The molecule has 5 nitrogen and oxygen atoms in total. The summed E-state index contributed by atoms with van der Waals surface area (Å²) in [6.45, 7) is 2.81. The van der Waals surface area contributed by atoms with Gasteiger partial charge in [-0.05, 0) is 37.4 Å². The summed E-state index contributed by atoms with van der Waals surface area (Å²) in [7, 11) is -3.22. The molecule has 0 aromatic carbocycles. The third-order valence-electron chi connectivity index (χ3n) is 2.69. The van der Waals surface area contributed by atoms with Crippen LogP contribution in [0, 0.1) is 0 Å². The van der Waals surface area contributed by atoms with E-state index in [4.69, 9.17) is 5.73 Å². The van der Waals surface area contributed by atoms with Crippen LogP contribution in [0.15, 0.2) is 18.3 Å². The van der Waals surface area contributed by atoms with E-state index >= 15 is 0 Å². The smallest absolute Gasteiger partial charge is 0.211 e. The van der Waals surface area contributed by atoms with Crippen LogP contribution in [0.2, 0.25) is 0 Å². The van der Waals surface area contributed by atoms with Crippen molar-refractivity contribution in [3.8, 4) is 0 Å². The fraction of sp³-hybridized carbons (Fsp3) is 0.583. The van der Waals surface area contributed by atoms with Gasteiger partial charge in [0, 0.05) is 6.20 Å². The van der Waals surface area contributed by atoms with E-state index in [1.807, 2.05) is 19.1 Å². The lowest BCUT2D eigenvalue weighted by Crippen LogP contribution is -2.27. The molecule has 0 spiro atoms. The first-order valence-corrected chi connectivity index (χ1v) is 7.84. The minimum atomic E-state index is -3.22. The van der Waals surface area contributed by atoms with Gasteiger partial charge in [-0.2, -0.15) is 0 Å². The Morgan fingerprint density at radius 3 is 2.83 bits per heavy atom. The molecule has 0 atom stereocenters. The Morgan fingerprint density at radius 2 is 2.17 bits per heavy atom. The summed E-state index contributed by atoms with van der Waals surface area (Å²) in [6, 6.07) is 3.82. The molecule has 0 unspecified atom stereocenters. The van der Waals surface area contributed by atoms with Crippen LogP contribution < -0.4 is 10.5 Å². The number of sulfonamides is 1. The van der Waals surface area contributed by atoms with Gasteiger partial charge in [-0.3, -0.25) is 4.98 Å². The van der Waals surface area contributed by atoms with Crippen molar-refractivity contribution in [3.05, 3.63) is 29.6 Å². The lowest BCUT2D eigenvalue weighted by molar-refractivity contribution is 0.576. The SMILES string of the molecule is CCc1cccnc1CNS(=O)(=O)CCCCN. The molecular weight excluding hydrogens is 250 g/mol. The van der Waals surface area contributed by atoms with E-state index in [9.17, 15) is 8.42 Å². The number of hydrogen-bond donors (Lipinski definition) is 2. The molecule has 0 saturated carbocycles. The first-order valence-electron chi connectivity index (χ1n) is 6.19. The van der Waals surface area contributed by atoms with Crippen LogP contribution in [-0.2, 0) is 23.0 Å². The Morgan fingerprint density at radius 1 is 1.39 bits per heavy atom. The first-order chi connectivity index (χ1) is 8.59. The summed E-state index contributed by atoms with van der Waals surface area (Å²) < 4.78 is 26.0. The zero-order valence-electron chi connectivity index (χ0n) is 10.7. The minimum absolute atomic E-state index is 0.124. The topological polar surface area (TPSA) is 85.1 Å². The highest BCUT2D eigenvalue weighted by atomic mass is 32.2. The van der Waals surface area contributed by atoms with Crippen molar-refractivity contribution in [2.24, 2.45) is 5.73 Å². The molecule has 18 heavy (non-hydrogen) atoms. The van der Waals surface area contributed by atoms with Crippen LogP contribution in [0.25, 0.3) is 0 Å². The van der Waals surface area contributed by atoms with Gasteiger partial charge in [0.1, 0.15) is 0 Å². The maximum absolute atomic E-state index is 11.7. The second-order valence-corrected chi connectivity index (χ2v) is 6.02. The predicted molar refractivity (Wildman–Crippen MR) is 72.5 cm³/mol. The quantitative estimate of drug-likeness (QED) is 0.685. The Balaban J connectivity index is 2.53. The summed E-state index contributed by atoms with van der Waals surface area (Å²) in [6.07, 6.45) is 3.84. The van der Waals surface area contributed by atoms with Gasteiger partial charge in [0.25, 0.3) is 0 Å². The second kappa shape index (κ2) is 7.45. The Hall–Kier alpha value is -0.980. The number of rotatable bonds is 8. The summed E-state index contributed by atoms with van der Waals surface area (Å²) >= 11 is 0. The van der Waals surface area contributed by atoms with Gasteiger partial charge >= 0.3 is 0 Å². The molecule has 0 radical (unpaired) electrons. The molecular formula is C12H21N3O2S. The minimum Gasteiger partial charge on any atom is -0.330 e. The second-order valence-electron chi connectivity index (χ2n) is 4.10. The van der Waals surface area contributed by atoms with Gasteiger partial charge in [-0.25, -0.2) is 13.1 Å². The molecule has 1 rings (SSSR count). The van der Waals surface area contributed by atoms with Crippen LogP contribution in [0.5, 0.6) is 0 Å². The van der Waals surface area contributed by atoms with E-state index in [0.717, 1.165) is 24.1 Å². The Bertz CT molecular complexity index is 460. The highest BCUT2D eigenvalue weighted by Gasteiger charge is 2.10. The normalized spacial score (nSPS) is 11.7. The van der Waals surface area contributed by atoms with Gasteiger partial charge in [-0.15, -0.1) is 0 Å². The molecule has 0 bridgehead atoms. The Labute approximate surface area is 109 Å².